The summed E-state index contributed by atoms with van der Waals surface area (Å²) in [6, 6.07) is 6.76. The number of carbonyl (C=O) groups excluding carboxylic acids is 1. The lowest BCUT2D eigenvalue weighted by atomic mass is 10.1. The number of hydrogen-bond acceptors (Lipinski definition) is 4. The first-order valence-corrected chi connectivity index (χ1v) is 6.56. The fraction of sp³-hybridized carbons (Fsp3) is 0.133. The van der Waals surface area contributed by atoms with Gasteiger partial charge < -0.3 is 19.9 Å². The quantitative estimate of drug-likeness (QED) is 0.845. The van der Waals surface area contributed by atoms with E-state index in [0.29, 0.717) is 0 Å². The van der Waals surface area contributed by atoms with Crippen molar-refractivity contribution in [2.75, 3.05) is 19.5 Å². The summed E-state index contributed by atoms with van der Waals surface area (Å²) in [5, 5.41) is 11.6. The minimum atomic E-state index is -0.816. The maximum atomic E-state index is 13.8. The van der Waals surface area contributed by atoms with E-state index in [1.807, 2.05) is 0 Å². The van der Waals surface area contributed by atoms with Crippen LogP contribution >= 0.6 is 11.6 Å². The van der Waals surface area contributed by atoms with Crippen molar-refractivity contribution in [3.63, 3.8) is 0 Å². The number of hydrogen-bond donors (Lipinski definition) is 2. The number of phenolic OH excluding ortho intramolecular Hbond substituents is 1. The molecule has 0 spiro atoms. The zero-order valence-electron chi connectivity index (χ0n) is 11.8. The van der Waals surface area contributed by atoms with Gasteiger partial charge >= 0.3 is 0 Å². The van der Waals surface area contributed by atoms with Crippen LogP contribution in [-0.4, -0.2) is 25.2 Å². The van der Waals surface area contributed by atoms with Crippen molar-refractivity contribution in [1.82, 2.24) is 0 Å². The predicted molar refractivity (Wildman–Crippen MR) is 80.6 cm³/mol. The van der Waals surface area contributed by atoms with Gasteiger partial charge in [-0.05, 0) is 18.2 Å². The molecular weight excluding hydrogens is 313 g/mol. The highest BCUT2D eigenvalue weighted by atomic mass is 35.5. The highest BCUT2D eigenvalue weighted by Crippen LogP contribution is 2.32. The van der Waals surface area contributed by atoms with E-state index in [-0.39, 0.29) is 27.8 Å². The largest absolute Gasteiger partial charge is 0.506 e. The number of amides is 1. The SMILES string of the molecule is COc1cccc(OC)c1C(=O)Nc1cc(Cl)c(O)cc1F. The van der Waals surface area contributed by atoms with Crippen LogP contribution in [0, 0.1) is 5.82 Å². The van der Waals surface area contributed by atoms with Crippen molar-refractivity contribution in [2.24, 2.45) is 0 Å². The number of phenols is 1. The second-order valence-corrected chi connectivity index (χ2v) is 4.68. The highest BCUT2D eigenvalue weighted by molar-refractivity contribution is 6.32. The molecule has 0 bridgehead atoms. The second-order valence-electron chi connectivity index (χ2n) is 4.28. The lowest BCUT2D eigenvalue weighted by molar-refractivity contribution is 0.102. The number of rotatable bonds is 4. The average Bonchev–Trinajstić information content (AvgIpc) is 2.51. The first-order chi connectivity index (χ1) is 10.5. The Kier molecular flexibility index (Phi) is 4.72. The van der Waals surface area contributed by atoms with Gasteiger partial charge in [-0.2, -0.15) is 0 Å². The number of nitrogens with one attached hydrogen (secondary N) is 1. The van der Waals surface area contributed by atoms with Crippen molar-refractivity contribution in [3.8, 4) is 17.2 Å². The fourth-order valence-corrected chi connectivity index (χ4v) is 2.06. The molecule has 22 heavy (non-hydrogen) atoms. The van der Waals surface area contributed by atoms with E-state index in [9.17, 15) is 14.3 Å². The van der Waals surface area contributed by atoms with Crippen molar-refractivity contribution >= 4 is 23.2 Å². The number of methoxy groups -OCH3 is 2. The van der Waals surface area contributed by atoms with E-state index in [1.165, 1.54) is 14.2 Å². The Bertz CT molecular complexity index is 699. The van der Waals surface area contributed by atoms with Crippen molar-refractivity contribution < 1.29 is 23.8 Å². The molecule has 0 heterocycles. The molecule has 0 aliphatic rings. The number of anilines is 1. The summed E-state index contributed by atoms with van der Waals surface area (Å²) in [4.78, 5) is 12.4. The standard InChI is InChI=1S/C15H13ClFNO4/c1-21-12-4-3-5-13(22-2)14(12)15(20)18-10-6-8(16)11(19)7-9(10)17/h3-7,19H,1-2H3,(H,18,20). The van der Waals surface area contributed by atoms with Gasteiger partial charge in [0.05, 0.1) is 24.9 Å². The molecule has 0 saturated carbocycles. The van der Waals surface area contributed by atoms with E-state index in [0.717, 1.165) is 12.1 Å². The monoisotopic (exact) mass is 325 g/mol. The molecule has 0 aromatic heterocycles. The number of aromatic hydroxyl groups is 1. The van der Waals surface area contributed by atoms with Gasteiger partial charge in [-0.3, -0.25) is 4.79 Å². The molecule has 1 amide bonds. The molecule has 0 saturated heterocycles. The van der Waals surface area contributed by atoms with Gasteiger partial charge in [0.2, 0.25) is 0 Å². The molecule has 2 N–H and O–H groups in total. The highest BCUT2D eigenvalue weighted by Gasteiger charge is 2.20. The Balaban J connectivity index is 2.40. The molecule has 116 valence electrons. The molecule has 2 rings (SSSR count). The maximum Gasteiger partial charge on any atom is 0.263 e. The van der Waals surface area contributed by atoms with Gasteiger partial charge in [-0.15, -0.1) is 0 Å². The minimum absolute atomic E-state index is 0.0799. The molecule has 0 unspecified atom stereocenters. The molecule has 7 heteroatoms. The van der Waals surface area contributed by atoms with Gasteiger partial charge in [0.25, 0.3) is 5.91 Å². The van der Waals surface area contributed by atoms with Gasteiger partial charge in [-0.1, -0.05) is 17.7 Å². The van der Waals surface area contributed by atoms with Crippen LogP contribution in [0.3, 0.4) is 0 Å². The Labute approximate surface area is 131 Å². The molecule has 0 atom stereocenters. The Morgan fingerprint density at radius 3 is 2.36 bits per heavy atom. The zero-order chi connectivity index (χ0) is 16.3. The van der Waals surface area contributed by atoms with Crippen molar-refractivity contribution in [1.29, 1.82) is 0 Å². The van der Waals surface area contributed by atoms with E-state index in [1.54, 1.807) is 18.2 Å². The van der Waals surface area contributed by atoms with Crippen LogP contribution in [0.15, 0.2) is 30.3 Å². The van der Waals surface area contributed by atoms with Crippen LogP contribution in [0.4, 0.5) is 10.1 Å². The number of benzene rings is 2. The van der Waals surface area contributed by atoms with Crippen LogP contribution in [0.2, 0.25) is 5.02 Å². The lowest BCUT2D eigenvalue weighted by Crippen LogP contribution is -2.15. The summed E-state index contributed by atoms with van der Waals surface area (Å²) in [6.07, 6.45) is 0. The number of ether oxygens (including phenoxy) is 2. The third-order valence-corrected chi connectivity index (χ3v) is 3.24. The normalized spacial score (nSPS) is 10.2. The maximum absolute atomic E-state index is 13.8. The van der Waals surface area contributed by atoms with Crippen LogP contribution < -0.4 is 14.8 Å². The van der Waals surface area contributed by atoms with Crippen molar-refractivity contribution in [2.45, 2.75) is 0 Å². The average molecular weight is 326 g/mol. The fourth-order valence-electron chi connectivity index (χ4n) is 1.89. The molecule has 0 radical (unpaired) electrons. The summed E-state index contributed by atoms with van der Waals surface area (Å²) >= 11 is 5.72. The van der Waals surface area contributed by atoms with E-state index in [4.69, 9.17) is 21.1 Å². The second kappa shape index (κ2) is 6.53. The first-order valence-electron chi connectivity index (χ1n) is 6.18. The smallest absolute Gasteiger partial charge is 0.263 e. The minimum Gasteiger partial charge on any atom is -0.506 e. The molecule has 2 aromatic carbocycles. The first kappa shape index (κ1) is 15.9. The molecule has 2 aromatic rings. The van der Waals surface area contributed by atoms with Gasteiger partial charge in [-0.25, -0.2) is 4.39 Å². The topological polar surface area (TPSA) is 67.8 Å². The van der Waals surface area contributed by atoms with E-state index in [2.05, 4.69) is 5.32 Å². The summed E-state index contributed by atoms with van der Waals surface area (Å²) in [5.41, 5.74) is -0.0446. The Morgan fingerprint density at radius 2 is 1.82 bits per heavy atom. The number of halogens is 2. The zero-order valence-corrected chi connectivity index (χ0v) is 12.6. The Hall–Kier alpha value is -2.47. The number of carbonyl (C=O) groups is 1. The summed E-state index contributed by atoms with van der Waals surface area (Å²) < 4.78 is 24.0. The van der Waals surface area contributed by atoms with Gasteiger partial charge in [0.1, 0.15) is 22.8 Å². The van der Waals surface area contributed by atoms with Gasteiger partial charge in [0, 0.05) is 6.07 Å². The summed E-state index contributed by atoms with van der Waals surface area (Å²) in [7, 11) is 2.81. The van der Waals surface area contributed by atoms with Crippen LogP contribution in [0.25, 0.3) is 0 Å². The van der Waals surface area contributed by atoms with Crippen LogP contribution in [0.1, 0.15) is 10.4 Å². The van der Waals surface area contributed by atoms with E-state index >= 15 is 0 Å². The molecule has 5 nitrogen and oxygen atoms in total. The molecule has 0 fully saturated rings. The van der Waals surface area contributed by atoms with Crippen LogP contribution in [0.5, 0.6) is 17.2 Å². The summed E-state index contributed by atoms with van der Waals surface area (Å²) in [5.74, 6) is -1.30. The summed E-state index contributed by atoms with van der Waals surface area (Å²) in [6.45, 7) is 0. The third-order valence-electron chi connectivity index (χ3n) is 2.94. The molecular formula is C15H13ClFNO4. The molecule has 0 aliphatic heterocycles. The van der Waals surface area contributed by atoms with Crippen molar-refractivity contribution in [3.05, 3.63) is 46.7 Å². The Morgan fingerprint density at radius 1 is 1.23 bits per heavy atom. The van der Waals surface area contributed by atoms with Gasteiger partial charge in [0.15, 0.2) is 5.82 Å². The van der Waals surface area contributed by atoms with Crippen LogP contribution in [-0.2, 0) is 0 Å². The van der Waals surface area contributed by atoms with E-state index < -0.39 is 17.5 Å². The predicted octanol–water partition coefficient (Wildman–Crippen LogP) is 3.45. The molecule has 0 aliphatic carbocycles. The lowest BCUT2D eigenvalue weighted by Gasteiger charge is -2.13. The third kappa shape index (κ3) is 3.07.